The average Bonchev–Trinajstić information content (AvgIpc) is 2.44. The van der Waals surface area contributed by atoms with Crippen molar-refractivity contribution in [2.45, 2.75) is 46.7 Å². The fraction of sp³-hybridized carbons (Fsp3) is 0.389. The molecule has 1 heterocycles. The summed E-state index contributed by atoms with van der Waals surface area (Å²) in [5.41, 5.74) is 2.07. The van der Waals surface area contributed by atoms with E-state index in [0.29, 0.717) is 5.69 Å². The van der Waals surface area contributed by atoms with Gasteiger partial charge in [-0.2, -0.15) is 0 Å². The van der Waals surface area contributed by atoms with Crippen LogP contribution in [0.1, 0.15) is 46.7 Å². The van der Waals surface area contributed by atoms with Gasteiger partial charge in [0.2, 0.25) is 0 Å². The Morgan fingerprint density at radius 1 is 1.38 bits per heavy atom. The molecule has 0 aromatic carbocycles. The van der Waals surface area contributed by atoms with Crippen molar-refractivity contribution in [3.63, 3.8) is 0 Å². The quantitative estimate of drug-likeness (QED) is 0.698. The van der Waals surface area contributed by atoms with Gasteiger partial charge in [-0.3, -0.25) is 4.98 Å². The molecule has 0 aliphatic heterocycles. The Morgan fingerprint density at radius 3 is 2.57 bits per heavy atom. The molecule has 0 aliphatic rings. The van der Waals surface area contributed by atoms with Crippen LogP contribution in [0, 0.1) is 0 Å². The van der Waals surface area contributed by atoms with E-state index in [-0.39, 0.29) is 0 Å². The van der Waals surface area contributed by atoms with Crippen molar-refractivity contribution < 1.29 is 4.39 Å². The Balaban J connectivity index is 2.93. The van der Waals surface area contributed by atoms with Crippen molar-refractivity contribution in [2.75, 3.05) is 5.32 Å². The number of hydrogen-bond donors (Lipinski definition) is 1. The first-order valence-electron chi connectivity index (χ1n) is 7.31. The van der Waals surface area contributed by atoms with Gasteiger partial charge < -0.3 is 5.32 Å². The number of allylic oxidation sites excluding steroid dienone is 5. The lowest BCUT2D eigenvalue weighted by molar-refractivity contribution is 0.214. The van der Waals surface area contributed by atoms with E-state index in [4.69, 9.17) is 0 Å². The lowest BCUT2D eigenvalue weighted by Gasteiger charge is -2.15. The van der Waals surface area contributed by atoms with Crippen LogP contribution in [0.4, 0.5) is 10.1 Å². The number of rotatable bonds is 6. The van der Waals surface area contributed by atoms with E-state index < -0.39 is 5.67 Å². The number of anilines is 1. The van der Waals surface area contributed by atoms with E-state index in [1.54, 1.807) is 12.3 Å². The maximum Gasteiger partial charge on any atom is 0.147 e. The zero-order valence-corrected chi connectivity index (χ0v) is 13.6. The first-order valence-corrected chi connectivity index (χ1v) is 7.31. The van der Waals surface area contributed by atoms with Gasteiger partial charge in [0.15, 0.2) is 0 Å². The molecule has 0 unspecified atom stereocenters. The van der Waals surface area contributed by atoms with Crippen LogP contribution in [0.3, 0.4) is 0 Å². The topological polar surface area (TPSA) is 24.9 Å². The Bertz CT molecular complexity index is 531. The van der Waals surface area contributed by atoms with E-state index in [1.807, 2.05) is 25.1 Å². The molecule has 1 aromatic heterocycles. The number of alkyl halides is 1. The third-order valence-electron chi connectivity index (χ3n) is 3.02. The Morgan fingerprint density at radius 2 is 2.10 bits per heavy atom. The van der Waals surface area contributed by atoms with Crippen LogP contribution in [-0.4, -0.2) is 4.98 Å². The predicted octanol–water partition coefficient (Wildman–Crippen LogP) is 5.51. The van der Waals surface area contributed by atoms with E-state index in [2.05, 4.69) is 36.3 Å². The van der Waals surface area contributed by atoms with Gasteiger partial charge in [-0.05, 0) is 51.8 Å². The zero-order chi connectivity index (χ0) is 15.9. The fourth-order valence-electron chi connectivity index (χ4n) is 1.82. The molecule has 0 spiro atoms. The van der Waals surface area contributed by atoms with Crippen LogP contribution in [0.5, 0.6) is 0 Å². The highest BCUT2D eigenvalue weighted by Crippen LogP contribution is 2.24. The SMILES string of the molecule is C\C=C/C=C(C)\C(=C\CC)Nc1ccc(C(C)(C)F)nc1. The van der Waals surface area contributed by atoms with Crippen LogP contribution in [0.2, 0.25) is 0 Å². The smallest absolute Gasteiger partial charge is 0.147 e. The first kappa shape index (κ1) is 17.2. The number of nitrogens with zero attached hydrogens (tertiary/aromatic N) is 1. The van der Waals surface area contributed by atoms with Crippen molar-refractivity contribution in [1.29, 1.82) is 0 Å². The van der Waals surface area contributed by atoms with Gasteiger partial charge in [0.25, 0.3) is 0 Å². The van der Waals surface area contributed by atoms with Crippen LogP contribution in [0.15, 0.2) is 53.9 Å². The molecule has 0 radical (unpaired) electrons. The number of hydrogen-bond acceptors (Lipinski definition) is 2. The Labute approximate surface area is 127 Å². The van der Waals surface area contributed by atoms with E-state index in [1.165, 1.54) is 13.8 Å². The summed E-state index contributed by atoms with van der Waals surface area (Å²) >= 11 is 0. The molecule has 3 heteroatoms. The molecule has 0 saturated carbocycles. The fourth-order valence-corrected chi connectivity index (χ4v) is 1.82. The van der Waals surface area contributed by atoms with Gasteiger partial charge in [0.05, 0.1) is 17.6 Å². The van der Waals surface area contributed by atoms with Crippen molar-refractivity contribution in [2.24, 2.45) is 0 Å². The van der Waals surface area contributed by atoms with Crippen molar-refractivity contribution in [3.05, 3.63) is 59.6 Å². The van der Waals surface area contributed by atoms with Gasteiger partial charge in [-0.25, -0.2) is 4.39 Å². The Kier molecular flexibility index (Phi) is 6.35. The lowest BCUT2D eigenvalue weighted by Crippen LogP contribution is -2.11. The number of halogens is 1. The van der Waals surface area contributed by atoms with Gasteiger partial charge in [0.1, 0.15) is 5.67 Å². The Hall–Kier alpha value is -1.90. The molecule has 2 nitrogen and oxygen atoms in total. The van der Waals surface area contributed by atoms with Crippen molar-refractivity contribution in [3.8, 4) is 0 Å². The highest BCUT2D eigenvalue weighted by Gasteiger charge is 2.19. The number of nitrogens with one attached hydrogen (secondary N) is 1. The van der Waals surface area contributed by atoms with Gasteiger partial charge >= 0.3 is 0 Å². The molecule has 0 fully saturated rings. The summed E-state index contributed by atoms with van der Waals surface area (Å²) in [6, 6.07) is 3.58. The molecule has 21 heavy (non-hydrogen) atoms. The van der Waals surface area contributed by atoms with E-state index in [9.17, 15) is 4.39 Å². The second kappa shape index (κ2) is 7.77. The third kappa shape index (κ3) is 5.54. The molecule has 0 amide bonds. The van der Waals surface area contributed by atoms with Crippen LogP contribution in [0.25, 0.3) is 0 Å². The third-order valence-corrected chi connectivity index (χ3v) is 3.02. The van der Waals surface area contributed by atoms with Crippen LogP contribution in [-0.2, 0) is 5.67 Å². The lowest BCUT2D eigenvalue weighted by atomic mass is 10.1. The molecule has 1 N–H and O–H groups in total. The van der Waals surface area contributed by atoms with Crippen LogP contribution < -0.4 is 5.32 Å². The summed E-state index contributed by atoms with van der Waals surface area (Å²) in [4.78, 5) is 4.19. The minimum atomic E-state index is -1.41. The van der Waals surface area contributed by atoms with E-state index in [0.717, 1.165) is 23.4 Å². The molecule has 0 bridgehead atoms. The maximum atomic E-state index is 13.8. The number of pyridine rings is 1. The van der Waals surface area contributed by atoms with E-state index >= 15 is 0 Å². The predicted molar refractivity (Wildman–Crippen MR) is 88.9 cm³/mol. The molecule has 1 rings (SSSR count). The van der Waals surface area contributed by atoms with Gasteiger partial charge in [-0.1, -0.05) is 31.2 Å². The summed E-state index contributed by atoms with van der Waals surface area (Å²) < 4.78 is 13.8. The normalized spacial score (nSPS) is 13.8. The average molecular weight is 288 g/mol. The molecule has 0 aliphatic carbocycles. The van der Waals surface area contributed by atoms with Crippen molar-refractivity contribution in [1.82, 2.24) is 4.98 Å². The molecular formula is C18H25FN2. The summed E-state index contributed by atoms with van der Waals surface area (Å²) in [6.07, 6.45) is 10.8. The van der Waals surface area contributed by atoms with Crippen molar-refractivity contribution >= 4 is 5.69 Å². The monoisotopic (exact) mass is 288 g/mol. The van der Waals surface area contributed by atoms with Gasteiger partial charge in [0, 0.05) is 5.70 Å². The molecular weight excluding hydrogens is 263 g/mol. The largest absolute Gasteiger partial charge is 0.354 e. The number of aromatic nitrogens is 1. The van der Waals surface area contributed by atoms with Gasteiger partial charge in [-0.15, -0.1) is 0 Å². The summed E-state index contributed by atoms with van der Waals surface area (Å²) in [6.45, 7) is 9.16. The minimum absolute atomic E-state index is 0.440. The first-order chi connectivity index (χ1) is 9.88. The standard InChI is InChI=1S/C18H25FN2/c1-6-8-10-14(3)16(9-7-2)21-15-11-12-17(20-13-15)18(4,5)19/h6,8-13,21H,7H2,1-5H3/b8-6-,14-10-,16-9-. The van der Waals surface area contributed by atoms with Crippen LogP contribution >= 0.6 is 0 Å². The highest BCUT2D eigenvalue weighted by atomic mass is 19.1. The second-order valence-electron chi connectivity index (χ2n) is 5.43. The minimum Gasteiger partial charge on any atom is -0.354 e. The second-order valence-corrected chi connectivity index (χ2v) is 5.43. The maximum absolute atomic E-state index is 13.8. The zero-order valence-electron chi connectivity index (χ0n) is 13.6. The highest BCUT2D eigenvalue weighted by molar-refractivity contribution is 5.52. The summed E-state index contributed by atoms with van der Waals surface area (Å²) in [5, 5.41) is 3.34. The molecule has 0 saturated heterocycles. The summed E-state index contributed by atoms with van der Waals surface area (Å²) in [7, 11) is 0. The summed E-state index contributed by atoms with van der Waals surface area (Å²) in [5.74, 6) is 0. The molecule has 0 atom stereocenters. The molecule has 1 aromatic rings. The molecule has 114 valence electrons.